The molecule has 42 heavy (non-hydrogen) atoms. The highest BCUT2D eigenvalue weighted by Gasteiger charge is 2.17. The van der Waals surface area contributed by atoms with Crippen molar-refractivity contribution < 1.29 is 0 Å². The monoisotopic (exact) mass is 545 g/mol. The fraction of sp³-hybridized carbons (Fsp3) is 0. The van der Waals surface area contributed by atoms with E-state index < -0.39 is 0 Å². The summed E-state index contributed by atoms with van der Waals surface area (Å²) in [6, 6.07) is 20.7. The van der Waals surface area contributed by atoms with Gasteiger partial charge in [0, 0.05) is 82.6 Å². The SMILES string of the molecule is c1cc(-c2c[nH]c(Nc3ncnc(Nc4cc(-c5cccc6ccncc56)c[nH]4)c4cncc3-4)c2)c2cnccc2c1. The molecule has 0 bridgehead atoms. The topological polar surface area (TPSA) is 120 Å². The Bertz CT molecular complexity index is 2020. The predicted molar refractivity (Wildman–Crippen MR) is 166 cm³/mol. The molecular weight excluding hydrogens is 522 g/mol. The van der Waals surface area contributed by atoms with Crippen LogP contribution in [0.1, 0.15) is 0 Å². The highest BCUT2D eigenvalue weighted by atomic mass is 15.1. The maximum Gasteiger partial charge on any atom is 0.142 e. The normalized spacial score (nSPS) is 11.3. The van der Waals surface area contributed by atoms with Gasteiger partial charge >= 0.3 is 0 Å². The molecule has 2 aromatic carbocycles. The maximum absolute atomic E-state index is 4.61. The molecule has 0 radical (unpaired) electrons. The quantitative estimate of drug-likeness (QED) is 0.170. The first-order valence-corrected chi connectivity index (χ1v) is 13.5. The summed E-state index contributed by atoms with van der Waals surface area (Å²) in [7, 11) is 0. The van der Waals surface area contributed by atoms with Gasteiger partial charge in [0.25, 0.3) is 0 Å². The van der Waals surface area contributed by atoms with E-state index in [0.29, 0.717) is 11.6 Å². The standard InChI is InChI=1S/C33H23N9/c1-3-20-7-9-34-15-26(20)24(5-1)22-11-30(37-13-22)41-32-28-17-36-18-29(28)33(40-19-39-32)42-31-12-23(14-38-31)25-6-2-4-21-8-10-35-16-27(21)25/h1-19,37-38H,(H2,39,40,41,42). The third-order valence-corrected chi connectivity index (χ3v) is 7.44. The first kappa shape index (κ1) is 23.8. The van der Waals surface area contributed by atoms with Crippen LogP contribution in [0.4, 0.5) is 23.3 Å². The van der Waals surface area contributed by atoms with E-state index in [2.05, 4.69) is 94.1 Å². The Morgan fingerprint density at radius 2 is 1.05 bits per heavy atom. The van der Waals surface area contributed by atoms with E-state index in [1.807, 2.05) is 49.3 Å². The number of hydrogen-bond acceptors (Lipinski definition) is 7. The van der Waals surface area contributed by atoms with Gasteiger partial charge in [-0.3, -0.25) is 15.0 Å². The Kier molecular flexibility index (Phi) is 5.56. The Morgan fingerprint density at radius 1 is 0.524 bits per heavy atom. The molecule has 0 atom stereocenters. The fourth-order valence-corrected chi connectivity index (χ4v) is 5.41. The minimum atomic E-state index is 0.645. The van der Waals surface area contributed by atoms with Gasteiger partial charge in [-0.1, -0.05) is 36.4 Å². The molecule has 2 aliphatic rings. The summed E-state index contributed by atoms with van der Waals surface area (Å²) in [5.74, 6) is 2.90. The molecule has 4 aromatic heterocycles. The van der Waals surface area contributed by atoms with Crippen LogP contribution >= 0.6 is 0 Å². The van der Waals surface area contributed by atoms with E-state index in [1.165, 1.54) is 0 Å². The molecule has 0 unspecified atom stereocenters. The Balaban J connectivity index is 1.07. The zero-order chi connectivity index (χ0) is 27.9. The van der Waals surface area contributed by atoms with Gasteiger partial charge in [0.2, 0.25) is 0 Å². The van der Waals surface area contributed by atoms with E-state index >= 15 is 0 Å². The van der Waals surface area contributed by atoms with Gasteiger partial charge < -0.3 is 20.6 Å². The maximum atomic E-state index is 4.61. The second-order valence-electron chi connectivity index (χ2n) is 9.96. The van der Waals surface area contributed by atoms with Crippen LogP contribution in [0.5, 0.6) is 0 Å². The van der Waals surface area contributed by atoms with Crippen molar-refractivity contribution >= 4 is 44.8 Å². The van der Waals surface area contributed by atoms with Crippen molar-refractivity contribution in [3.8, 4) is 33.4 Å². The fourth-order valence-electron chi connectivity index (χ4n) is 5.41. The largest absolute Gasteiger partial charge is 0.348 e. The molecule has 9 heteroatoms. The molecule has 6 heterocycles. The number of hydrogen-bond donors (Lipinski definition) is 4. The summed E-state index contributed by atoms with van der Waals surface area (Å²) in [5.41, 5.74) is 6.00. The molecule has 8 rings (SSSR count). The van der Waals surface area contributed by atoms with E-state index in [0.717, 1.165) is 66.6 Å². The second kappa shape index (κ2) is 9.83. The van der Waals surface area contributed by atoms with Crippen LogP contribution in [-0.4, -0.2) is 34.9 Å². The van der Waals surface area contributed by atoms with Crippen LogP contribution < -0.4 is 10.6 Å². The number of aromatic nitrogens is 7. The number of pyridine rings is 2. The Morgan fingerprint density at radius 3 is 1.57 bits per heavy atom. The number of aromatic amines is 2. The molecule has 0 amide bonds. The van der Waals surface area contributed by atoms with Gasteiger partial charge in [-0.05, 0) is 46.2 Å². The van der Waals surface area contributed by atoms with Gasteiger partial charge in [-0.25, -0.2) is 9.97 Å². The van der Waals surface area contributed by atoms with Crippen LogP contribution in [-0.2, 0) is 0 Å². The lowest BCUT2D eigenvalue weighted by Gasteiger charge is -2.07. The van der Waals surface area contributed by atoms with Crippen molar-refractivity contribution in [3.05, 3.63) is 117 Å². The minimum Gasteiger partial charge on any atom is -0.348 e. The van der Waals surface area contributed by atoms with Gasteiger partial charge in [-0.15, -0.1) is 0 Å². The lowest BCUT2D eigenvalue weighted by Crippen LogP contribution is -1.95. The summed E-state index contributed by atoms with van der Waals surface area (Å²) in [5, 5.41) is 11.3. The smallest absolute Gasteiger partial charge is 0.142 e. The molecule has 200 valence electrons. The predicted octanol–water partition coefficient (Wildman–Crippen LogP) is 7.55. The molecule has 0 saturated heterocycles. The number of anilines is 4. The van der Waals surface area contributed by atoms with Crippen molar-refractivity contribution in [2.45, 2.75) is 0 Å². The van der Waals surface area contributed by atoms with Crippen LogP contribution in [0.25, 0.3) is 54.9 Å². The summed E-state index contributed by atoms with van der Waals surface area (Å²) < 4.78 is 0. The van der Waals surface area contributed by atoms with Crippen LogP contribution in [0, 0.1) is 0 Å². The summed E-state index contributed by atoms with van der Waals surface area (Å²) in [6.07, 6.45) is 16.5. The van der Waals surface area contributed by atoms with Gasteiger partial charge in [-0.2, -0.15) is 0 Å². The molecule has 0 saturated carbocycles. The Hall–Kier alpha value is -6.09. The number of nitrogens with one attached hydrogen (secondary N) is 4. The number of benzene rings is 2. The highest BCUT2D eigenvalue weighted by molar-refractivity contribution is 5.98. The molecule has 0 fully saturated rings. The average Bonchev–Trinajstić information content (AvgIpc) is 3.79. The van der Waals surface area contributed by atoms with E-state index in [-0.39, 0.29) is 0 Å². The number of H-pyrrole nitrogens is 2. The zero-order valence-corrected chi connectivity index (χ0v) is 22.2. The third kappa shape index (κ3) is 4.16. The van der Waals surface area contributed by atoms with E-state index in [4.69, 9.17) is 0 Å². The van der Waals surface area contributed by atoms with Crippen molar-refractivity contribution in [3.63, 3.8) is 0 Å². The summed E-state index contributed by atoms with van der Waals surface area (Å²) in [4.78, 5) is 28.9. The molecule has 4 N–H and O–H groups in total. The second-order valence-corrected chi connectivity index (χ2v) is 9.96. The lowest BCUT2D eigenvalue weighted by molar-refractivity contribution is 1.21. The molecule has 6 aromatic rings. The van der Waals surface area contributed by atoms with Crippen LogP contribution in [0.3, 0.4) is 0 Å². The van der Waals surface area contributed by atoms with E-state index in [9.17, 15) is 0 Å². The van der Waals surface area contributed by atoms with Gasteiger partial charge in [0.05, 0.1) is 0 Å². The first-order chi connectivity index (χ1) is 20.8. The lowest BCUT2D eigenvalue weighted by atomic mass is 10.0. The van der Waals surface area contributed by atoms with Gasteiger partial charge in [0.1, 0.15) is 29.6 Å². The minimum absolute atomic E-state index is 0.645. The molecule has 2 aliphatic heterocycles. The molecular formula is C33H23N9. The van der Waals surface area contributed by atoms with Crippen LogP contribution in [0.2, 0.25) is 0 Å². The van der Waals surface area contributed by atoms with Gasteiger partial charge in [0.15, 0.2) is 0 Å². The third-order valence-electron chi connectivity index (χ3n) is 7.44. The van der Waals surface area contributed by atoms with E-state index in [1.54, 1.807) is 18.7 Å². The molecule has 9 nitrogen and oxygen atoms in total. The van der Waals surface area contributed by atoms with Crippen molar-refractivity contribution in [1.82, 2.24) is 34.9 Å². The summed E-state index contributed by atoms with van der Waals surface area (Å²) >= 11 is 0. The van der Waals surface area contributed by atoms with Crippen LogP contribution in [0.15, 0.2) is 117 Å². The van der Waals surface area contributed by atoms with Crippen molar-refractivity contribution in [1.29, 1.82) is 0 Å². The number of nitrogens with zero attached hydrogens (tertiary/aromatic N) is 5. The van der Waals surface area contributed by atoms with Crippen molar-refractivity contribution in [2.75, 3.05) is 10.6 Å². The summed E-state index contributed by atoms with van der Waals surface area (Å²) in [6.45, 7) is 0. The average molecular weight is 546 g/mol. The van der Waals surface area contributed by atoms with Crippen molar-refractivity contribution in [2.24, 2.45) is 0 Å². The first-order valence-electron chi connectivity index (χ1n) is 13.5. The Labute approximate surface area is 240 Å². The zero-order valence-electron chi connectivity index (χ0n) is 22.2. The molecule has 0 spiro atoms. The number of fused-ring (bicyclic) bond motifs is 3. The number of rotatable bonds is 6. The molecule has 0 aliphatic carbocycles. The highest BCUT2D eigenvalue weighted by Crippen LogP contribution is 2.36.